The second-order valence-corrected chi connectivity index (χ2v) is 8.39. The van der Waals surface area contributed by atoms with E-state index in [0.717, 1.165) is 13.1 Å². The van der Waals surface area contributed by atoms with E-state index in [0.29, 0.717) is 6.04 Å². The molecule has 2 heterocycles. The number of nitrogens with one attached hydrogen (secondary N) is 1. The van der Waals surface area contributed by atoms with Crippen molar-refractivity contribution in [3.63, 3.8) is 0 Å². The van der Waals surface area contributed by atoms with Crippen molar-refractivity contribution in [2.75, 3.05) is 13.1 Å². The maximum Gasteiger partial charge on any atom is 0.0331 e. The van der Waals surface area contributed by atoms with Crippen molar-refractivity contribution < 1.29 is 0 Å². The van der Waals surface area contributed by atoms with Gasteiger partial charge in [0.1, 0.15) is 0 Å². The minimum absolute atomic E-state index is 0.217. The summed E-state index contributed by atoms with van der Waals surface area (Å²) in [5, 5.41) is 5.85. The van der Waals surface area contributed by atoms with E-state index in [2.05, 4.69) is 58.4 Å². The van der Waals surface area contributed by atoms with Crippen LogP contribution >= 0.6 is 27.3 Å². The van der Waals surface area contributed by atoms with Crippen molar-refractivity contribution in [2.45, 2.75) is 58.2 Å². The maximum atomic E-state index is 3.67. The summed E-state index contributed by atoms with van der Waals surface area (Å²) in [4.78, 5) is 4.12. The second-order valence-electron chi connectivity index (χ2n) is 6.48. The number of rotatable bonds is 4. The molecule has 0 aromatic carbocycles. The summed E-state index contributed by atoms with van der Waals surface area (Å²) in [7, 11) is 0. The van der Waals surface area contributed by atoms with Gasteiger partial charge in [0, 0.05) is 39.4 Å². The van der Waals surface area contributed by atoms with E-state index in [9.17, 15) is 0 Å². The van der Waals surface area contributed by atoms with Gasteiger partial charge in [-0.3, -0.25) is 4.90 Å². The Hall–Kier alpha value is 0.1000. The van der Waals surface area contributed by atoms with Crippen LogP contribution in [0.25, 0.3) is 0 Å². The van der Waals surface area contributed by atoms with Gasteiger partial charge in [0.15, 0.2) is 0 Å². The summed E-state index contributed by atoms with van der Waals surface area (Å²) in [6.45, 7) is 10.2. The number of hydrogen-bond donors (Lipinski definition) is 1. The smallest absolute Gasteiger partial charge is 0.0331 e. The van der Waals surface area contributed by atoms with Gasteiger partial charge in [-0.1, -0.05) is 6.42 Å². The minimum Gasteiger partial charge on any atom is -0.311 e. The van der Waals surface area contributed by atoms with E-state index in [-0.39, 0.29) is 5.54 Å². The first kappa shape index (κ1) is 15.5. The summed E-state index contributed by atoms with van der Waals surface area (Å²) < 4.78 is 1.22. The van der Waals surface area contributed by atoms with Crippen LogP contribution in [0.3, 0.4) is 0 Å². The van der Waals surface area contributed by atoms with E-state index in [4.69, 9.17) is 0 Å². The molecule has 2 rings (SSSR count). The van der Waals surface area contributed by atoms with Gasteiger partial charge in [-0.25, -0.2) is 0 Å². The summed E-state index contributed by atoms with van der Waals surface area (Å²) in [5.41, 5.74) is 0.217. The summed E-state index contributed by atoms with van der Waals surface area (Å²) in [6.07, 6.45) is 4.05. The largest absolute Gasteiger partial charge is 0.311 e. The Morgan fingerprint density at radius 1 is 1.42 bits per heavy atom. The number of nitrogens with zero attached hydrogens (tertiary/aromatic N) is 1. The first-order valence-electron chi connectivity index (χ1n) is 7.16. The highest BCUT2D eigenvalue weighted by Gasteiger charge is 2.24. The van der Waals surface area contributed by atoms with Crippen LogP contribution in [-0.4, -0.2) is 29.6 Å². The van der Waals surface area contributed by atoms with Crippen molar-refractivity contribution >= 4 is 27.3 Å². The van der Waals surface area contributed by atoms with Crippen LogP contribution in [0.1, 0.15) is 44.9 Å². The molecule has 0 bridgehead atoms. The van der Waals surface area contributed by atoms with Crippen LogP contribution < -0.4 is 5.32 Å². The molecule has 1 saturated heterocycles. The highest BCUT2D eigenvalue weighted by atomic mass is 79.9. The third-order valence-electron chi connectivity index (χ3n) is 3.60. The predicted molar refractivity (Wildman–Crippen MR) is 87.8 cm³/mol. The first-order chi connectivity index (χ1) is 8.94. The molecular weight excluding hydrogens is 320 g/mol. The van der Waals surface area contributed by atoms with Gasteiger partial charge in [-0.2, -0.15) is 0 Å². The van der Waals surface area contributed by atoms with E-state index in [1.165, 1.54) is 35.2 Å². The SMILES string of the molecule is CC(C)(C)NCC1CCCCN1Cc1cc(Br)cs1. The van der Waals surface area contributed by atoms with E-state index in [1.54, 1.807) is 0 Å². The highest BCUT2D eigenvalue weighted by Crippen LogP contribution is 2.25. The van der Waals surface area contributed by atoms with Gasteiger partial charge >= 0.3 is 0 Å². The average molecular weight is 345 g/mol. The van der Waals surface area contributed by atoms with Gasteiger partial charge in [-0.15, -0.1) is 11.3 Å². The molecule has 19 heavy (non-hydrogen) atoms. The average Bonchev–Trinajstić information content (AvgIpc) is 2.73. The lowest BCUT2D eigenvalue weighted by molar-refractivity contribution is 0.132. The summed E-state index contributed by atoms with van der Waals surface area (Å²) in [5.74, 6) is 0. The normalized spacial score (nSPS) is 21.8. The number of halogens is 1. The number of hydrogen-bond acceptors (Lipinski definition) is 3. The molecule has 4 heteroatoms. The standard InChI is InChI=1S/C15H25BrN2S/c1-15(2,3)17-9-13-6-4-5-7-18(13)10-14-8-12(16)11-19-14/h8,11,13,17H,4-7,9-10H2,1-3H3. The zero-order chi connectivity index (χ0) is 13.9. The number of piperidine rings is 1. The van der Waals surface area contributed by atoms with Gasteiger partial charge in [-0.05, 0) is 62.2 Å². The van der Waals surface area contributed by atoms with Crippen molar-refractivity contribution in [1.82, 2.24) is 10.2 Å². The summed E-state index contributed by atoms with van der Waals surface area (Å²) >= 11 is 5.41. The van der Waals surface area contributed by atoms with Gasteiger partial charge < -0.3 is 5.32 Å². The van der Waals surface area contributed by atoms with E-state index < -0.39 is 0 Å². The van der Waals surface area contributed by atoms with Crippen LogP contribution in [0.5, 0.6) is 0 Å². The summed E-state index contributed by atoms with van der Waals surface area (Å²) in [6, 6.07) is 2.95. The van der Waals surface area contributed by atoms with Gasteiger partial charge in [0.2, 0.25) is 0 Å². The molecule has 1 aliphatic heterocycles. The molecule has 0 spiro atoms. The molecule has 2 nitrogen and oxygen atoms in total. The molecule has 108 valence electrons. The Bertz CT molecular complexity index is 397. The van der Waals surface area contributed by atoms with Crippen LogP contribution in [0.15, 0.2) is 15.9 Å². The Morgan fingerprint density at radius 2 is 2.21 bits per heavy atom. The Morgan fingerprint density at radius 3 is 2.84 bits per heavy atom. The molecule has 1 atom stereocenters. The third-order valence-corrected chi connectivity index (χ3v) is 5.28. The Labute approximate surface area is 129 Å². The lowest BCUT2D eigenvalue weighted by atomic mass is 10.0. The van der Waals surface area contributed by atoms with Crippen LogP contribution in [0, 0.1) is 0 Å². The topological polar surface area (TPSA) is 15.3 Å². The molecule has 1 aromatic heterocycles. The van der Waals surface area contributed by atoms with Crippen molar-refractivity contribution in [1.29, 1.82) is 0 Å². The lowest BCUT2D eigenvalue weighted by Crippen LogP contribution is -2.49. The number of thiophene rings is 1. The van der Waals surface area contributed by atoms with Crippen LogP contribution in [0.2, 0.25) is 0 Å². The fraction of sp³-hybridized carbons (Fsp3) is 0.733. The fourth-order valence-electron chi connectivity index (χ4n) is 2.56. The first-order valence-corrected chi connectivity index (χ1v) is 8.83. The van der Waals surface area contributed by atoms with E-state index in [1.807, 2.05) is 11.3 Å². The predicted octanol–water partition coefficient (Wildman–Crippen LogP) is 4.25. The van der Waals surface area contributed by atoms with Crippen LogP contribution in [-0.2, 0) is 6.54 Å². The molecule has 1 unspecified atom stereocenters. The lowest BCUT2D eigenvalue weighted by Gasteiger charge is -2.37. The molecule has 1 aliphatic rings. The quantitative estimate of drug-likeness (QED) is 0.877. The highest BCUT2D eigenvalue weighted by molar-refractivity contribution is 9.10. The Balaban J connectivity index is 1.92. The molecule has 0 aliphatic carbocycles. The molecule has 1 aromatic rings. The number of likely N-dealkylation sites (tertiary alicyclic amines) is 1. The molecule has 0 saturated carbocycles. The maximum absolute atomic E-state index is 3.67. The second kappa shape index (κ2) is 6.70. The van der Waals surface area contributed by atoms with Crippen molar-refractivity contribution in [3.05, 3.63) is 20.8 Å². The van der Waals surface area contributed by atoms with Crippen molar-refractivity contribution in [2.24, 2.45) is 0 Å². The van der Waals surface area contributed by atoms with E-state index >= 15 is 0 Å². The molecule has 0 radical (unpaired) electrons. The Kier molecular flexibility index (Phi) is 5.46. The van der Waals surface area contributed by atoms with Crippen LogP contribution in [0.4, 0.5) is 0 Å². The third kappa shape index (κ3) is 5.18. The monoisotopic (exact) mass is 344 g/mol. The van der Waals surface area contributed by atoms with Gasteiger partial charge in [0.25, 0.3) is 0 Å². The molecule has 1 fully saturated rings. The fourth-order valence-corrected chi connectivity index (χ4v) is 4.04. The zero-order valence-electron chi connectivity index (χ0n) is 12.2. The van der Waals surface area contributed by atoms with Gasteiger partial charge in [0.05, 0.1) is 0 Å². The molecule has 1 N–H and O–H groups in total. The molecule has 0 amide bonds. The minimum atomic E-state index is 0.217. The zero-order valence-corrected chi connectivity index (χ0v) is 14.6. The van der Waals surface area contributed by atoms with Crippen molar-refractivity contribution in [3.8, 4) is 0 Å². The molecular formula is C15H25BrN2S.